The molecule has 0 bridgehead atoms. The molecule has 0 aromatic heterocycles. The van der Waals surface area contributed by atoms with E-state index in [0.29, 0.717) is 12.3 Å². The van der Waals surface area contributed by atoms with Crippen LogP contribution in [0.25, 0.3) is 0 Å². The first-order valence-electron chi connectivity index (χ1n) is 5.04. The topological polar surface area (TPSA) is 131 Å². The van der Waals surface area contributed by atoms with Gasteiger partial charge in [-0.25, -0.2) is 0 Å². The molecule has 6 N–H and O–H groups in total. The van der Waals surface area contributed by atoms with Gasteiger partial charge in [-0.05, 0) is 19.8 Å². The molecule has 0 saturated heterocycles. The third kappa shape index (κ3) is 3.01. The van der Waals surface area contributed by atoms with E-state index in [9.17, 15) is 9.59 Å². The molecular weight excluding hydrogens is 212 g/mol. The molecule has 0 spiro atoms. The molecule has 0 aromatic rings. The highest BCUT2D eigenvalue weighted by Gasteiger charge is 2.26. The van der Waals surface area contributed by atoms with Gasteiger partial charge in [0.1, 0.15) is 17.9 Å². The maximum atomic E-state index is 11.1. The number of amidine groups is 1. The minimum atomic E-state index is -1.06. The van der Waals surface area contributed by atoms with Gasteiger partial charge in [0.05, 0.1) is 6.04 Å². The predicted molar refractivity (Wildman–Crippen MR) is 57.9 cm³/mol. The molecule has 90 valence electrons. The first-order chi connectivity index (χ1) is 7.41. The second-order valence-corrected chi connectivity index (χ2v) is 3.83. The summed E-state index contributed by atoms with van der Waals surface area (Å²) < 4.78 is 0. The summed E-state index contributed by atoms with van der Waals surface area (Å²) in [5.41, 5.74) is 11.1. The highest BCUT2D eigenvalue weighted by Crippen LogP contribution is 2.05. The third-order valence-corrected chi connectivity index (χ3v) is 2.42. The quantitative estimate of drug-likeness (QED) is 0.449. The Morgan fingerprint density at radius 2 is 2.19 bits per heavy atom. The number of carboxylic acid groups (broad SMARTS) is 1. The van der Waals surface area contributed by atoms with E-state index in [1.54, 1.807) is 6.92 Å². The molecule has 0 radical (unpaired) electrons. The maximum Gasteiger partial charge on any atom is 0.320 e. The number of carbonyl (C=O) groups is 2. The zero-order valence-electron chi connectivity index (χ0n) is 9.01. The van der Waals surface area contributed by atoms with Crippen LogP contribution < -0.4 is 16.8 Å². The van der Waals surface area contributed by atoms with Gasteiger partial charge in [0.15, 0.2) is 0 Å². The van der Waals surface area contributed by atoms with Crippen LogP contribution in [0.1, 0.15) is 19.8 Å². The van der Waals surface area contributed by atoms with Crippen LogP contribution in [0, 0.1) is 0 Å². The number of nitrogens with two attached hydrogens (primary N) is 2. The Morgan fingerprint density at radius 3 is 2.62 bits per heavy atom. The lowest BCUT2D eigenvalue weighted by atomic mass is 10.1. The van der Waals surface area contributed by atoms with Crippen LogP contribution in [-0.4, -0.2) is 40.9 Å². The van der Waals surface area contributed by atoms with Crippen LogP contribution in [0.2, 0.25) is 0 Å². The number of nitrogens with one attached hydrogen (secondary N) is 1. The van der Waals surface area contributed by atoms with E-state index in [1.165, 1.54) is 0 Å². The van der Waals surface area contributed by atoms with Crippen molar-refractivity contribution in [3.8, 4) is 0 Å². The Labute approximate surface area is 92.9 Å². The fourth-order valence-corrected chi connectivity index (χ4v) is 1.34. The Hall–Kier alpha value is -1.47. The summed E-state index contributed by atoms with van der Waals surface area (Å²) in [5.74, 6) is -0.902. The summed E-state index contributed by atoms with van der Waals surface area (Å²) in [4.78, 5) is 25.3. The van der Waals surface area contributed by atoms with Crippen LogP contribution >= 0.6 is 0 Å². The Morgan fingerprint density at radius 1 is 1.56 bits per heavy atom. The second-order valence-electron chi connectivity index (χ2n) is 3.83. The number of carboxylic acids is 1. The van der Waals surface area contributed by atoms with Gasteiger partial charge in [-0.15, -0.1) is 0 Å². The summed E-state index contributed by atoms with van der Waals surface area (Å²) in [7, 11) is 0. The van der Waals surface area contributed by atoms with Crippen LogP contribution in [-0.2, 0) is 9.59 Å². The lowest BCUT2D eigenvalue weighted by Gasteiger charge is -2.14. The molecule has 0 aromatic carbocycles. The first kappa shape index (κ1) is 12.6. The van der Waals surface area contributed by atoms with Gasteiger partial charge in [0.25, 0.3) is 5.91 Å². The lowest BCUT2D eigenvalue weighted by Crippen LogP contribution is -2.42. The molecule has 1 aliphatic heterocycles. The van der Waals surface area contributed by atoms with E-state index in [2.05, 4.69) is 10.3 Å². The molecule has 0 saturated carbocycles. The summed E-state index contributed by atoms with van der Waals surface area (Å²) in [6.45, 7) is 1.69. The number of hydrogen-bond donors (Lipinski definition) is 4. The fourth-order valence-electron chi connectivity index (χ4n) is 1.34. The average molecular weight is 228 g/mol. The smallest absolute Gasteiger partial charge is 0.320 e. The standard InChI is InChI=1S/C9H16N4O3/c1-4-8(14)13-7(12-4)5(10)2-3-6(11)9(15)16/h4-6H,2-3,10-11H2,1H3,(H,15,16)(H,12,13,14)/t4?,5?,6-/m0/s1. The normalized spacial score (nSPS) is 23.6. The molecule has 1 aliphatic rings. The molecule has 3 atom stereocenters. The van der Waals surface area contributed by atoms with E-state index in [0.717, 1.165) is 0 Å². The number of aliphatic carboxylic acids is 1. The molecule has 1 amide bonds. The van der Waals surface area contributed by atoms with Crippen LogP contribution in [0.3, 0.4) is 0 Å². The maximum absolute atomic E-state index is 11.1. The van der Waals surface area contributed by atoms with Crippen molar-refractivity contribution in [1.82, 2.24) is 5.32 Å². The van der Waals surface area contributed by atoms with Crippen LogP contribution in [0.4, 0.5) is 0 Å². The number of rotatable bonds is 5. The van der Waals surface area contributed by atoms with Crippen molar-refractivity contribution in [3.05, 3.63) is 0 Å². The molecule has 7 heteroatoms. The van der Waals surface area contributed by atoms with Gasteiger partial charge in [0, 0.05) is 0 Å². The summed E-state index contributed by atoms with van der Waals surface area (Å²) >= 11 is 0. The van der Waals surface area contributed by atoms with Gasteiger partial charge in [0.2, 0.25) is 0 Å². The fraction of sp³-hybridized carbons (Fsp3) is 0.667. The van der Waals surface area contributed by atoms with Crippen molar-refractivity contribution in [2.24, 2.45) is 16.5 Å². The highest BCUT2D eigenvalue weighted by atomic mass is 16.4. The number of amides is 1. The summed E-state index contributed by atoms with van der Waals surface area (Å²) in [6.07, 6.45) is 0.624. The van der Waals surface area contributed by atoms with Gasteiger partial charge in [-0.3, -0.25) is 9.59 Å². The molecule has 1 heterocycles. The van der Waals surface area contributed by atoms with Crippen molar-refractivity contribution < 1.29 is 14.7 Å². The molecule has 16 heavy (non-hydrogen) atoms. The first-order valence-corrected chi connectivity index (χ1v) is 5.04. The number of aliphatic imine (C=N–C) groups is 1. The van der Waals surface area contributed by atoms with E-state index < -0.39 is 18.1 Å². The average Bonchev–Trinajstić information content (AvgIpc) is 2.55. The predicted octanol–water partition coefficient (Wildman–Crippen LogP) is -1.58. The molecule has 0 aliphatic carbocycles. The third-order valence-electron chi connectivity index (χ3n) is 2.42. The number of nitrogens with zero attached hydrogens (tertiary/aromatic N) is 1. The molecule has 0 fully saturated rings. The van der Waals surface area contributed by atoms with Gasteiger partial charge < -0.3 is 21.9 Å². The van der Waals surface area contributed by atoms with Crippen molar-refractivity contribution in [2.75, 3.05) is 0 Å². The van der Waals surface area contributed by atoms with Crippen molar-refractivity contribution in [3.63, 3.8) is 0 Å². The van der Waals surface area contributed by atoms with Crippen molar-refractivity contribution >= 4 is 17.7 Å². The van der Waals surface area contributed by atoms with E-state index in [1.807, 2.05) is 0 Å². The number of carbonyl (C=O) groups excluding carboxylic acids is 1. The van der Waals surface area contributed by atoms with Crippen LogP contribution in [0.15, 0.2) is 4.99 Å². The van der Waals surface area contributed by atoms with E-state index in [-0.39, 0.29) is 18.4 Å². The monoisotopic (exact) mass is 228 g/mol. The number of hydrogen-bond acceptors (Lipinski definition) is 5. The molecule has 1 rings (SSSR count). The van der Waals surface area contributed by atoms with Gasteiger partial charge in [-0.1, -0.05) is 0 Å². The van der Waals surface area contributed by atoms with E-state index >= 15 is 0 Å². The largest absolute Gasteiger partial charge is 0.480 e. The Kier molecular flexibility index (Phi) is 3.97. The Balaban J connectivity index is 2.42. The van der Waals surface area contributed by atoms with E-state index in [4.69, 9.17) is 16.6 Å². The van der Waals surface area contributed by atoms with Gasteiger partial charge >= 0.3 is 5.97 Å². The van der Waals surface area contributed by atoms with Crippen LogP contribution in [0.5, 0.6) is 0 Å². The molecular formula is C9H16N4O3. The zero-order valence-corrected chi connectivity index (χ0v) is 9.01. The minimum absolute atomic E-state index is 0.250. The second kappa shape index (κ2) is 5.04. The molecule has 2 unspecified atom stereocenters. The SMILES string of the molecule is CC1NC(C(N)CC[C@H](N)C(=O)O)=NC1=O. The van der Waals surface area contributed by atoms with Crippen molar-refractivity contribution in [2.45, 2.75) is 37.9 Å². The van der Waals surface area contributed by atoms with Crippen molar-refractivity contribution in [1.29, 1.82) is 0 Å². The highest BCUT2D eigenvalue weighted by molar-refractivity contribution is 6.05. The summed E-state index contributed by atoms with van der Waals surface area (Å²) in [5, 5.41) is 11.4. The zero-order chi connectivity index (χ0) is 12.3. The molecule has 7 nitrogen and oxygen atoms in total. The van der Waals surface area contributed by atoms with Gasteiger partial charge in [-0.2, -0.15) is 4.99 Å². The Bertz CT molecular complexity index is 329. The summed E-state index contributed by atoms with van der Waals surface area (Å²) in [6, 6.07) is -1.75. The minimum Gasteiger partial charge on any atom is -0.480 e. The lowest BCUT2D eigenvalue weighted by molar-refractivity contribution is -0.138.